The number of halogens is 1. The molecule has 3 rings (SSSR count). The smallest absolute Gasteiger partial charge is 0.255 e. The summed E-state index contributed by atoms with van der Waals surface area (Å²) in [4.78, 5) is 18.3. The van der Waals surface area contributed by atoms with Crippen molar-refractivity contribution < 1.29 is 4.79 Å². The van der Waals surface area contributed by atoms with E-state index in [4.69, 9.17) is 11.6 Å². The van der Waals surface area contributed by atoms with Gasteiger partial charge in [0.25, 0.3) is 5.91 Å². The van der Waals surface area contributed by atoms with E-state index in [0.29, 0.717) is 10.6 Å². The summed E-state index contributed by atoms with van der Waals surface area (Å²) in [5, 5.41) is 3.88. The minimum absolute atomic E-state index is 0.0420. The summed E-state index contributed by atoms with van der Waals surface area (Å²) in [6, 6.07) is 1.71. The minimum atomic E-state index is 0.0420. The standard InChI is InChI=1S/C15H20ClN3O/c16-14-10-18-6-2-13(14)15(20)19-7-3-11(4-8-19)12-1-5-17-9-12/h2,6,10-12,17H,1,3-5,7-9H2. The Morgan fingerprint density at radius 2 is 2.10 bits per heavy atom. The fourth-order valence-electron chi connectivity index (χ4n) is 3.37. The molecule has 2 aliphatic heterocycles. The molecule has 1 amide bonds. The molecule has 20 heavy (non-hydrogen) atoms. The molecule has 0 spiro atoms. The molecule has 0 saturated carbocycles. The van der Waals surface area contributed by atoms with Crippen LogP contribution in [0.5, 0.6) is 0 Å². The number of pyridine rings is 1. The highest BCUT2D eigenvalue weighted by Crippen LogP contribution is 2.29. The van der Waals surface area contributed by atoms with Gasteiger partial charge in [-0.3, -0.25) is 9.78 Å². The summed E-state index contributed by atoms with van der Waals surface area (Å²) < 4.78 is 0. The summed E-state index contributed by atoms with van der Waals surface area (Å²) in [7, 11) is 0. The number of aromatic nitrogens is 1. The topological polar surface area (TPSA) is 45.2 Å². The number of nitrogens with zero attached hydrogens (tertiary/aromatic N) is 2. The molecule has 0 bridgehead atoms. The Kier molecular flexibility index (Phi) is 4.22. The summed E-state index contributed by atoms with van der Waals surface area (Å²) >= 11 is 6.05. The van der Waals surface area contributed by atoms with E-state index in [1.54, 1.807) is 12.3 Å². The number of nitrogens with one attached hydrogen (secondary N) is 1. The van der Waals surface area contributed by atoms with Gasteiger partial charge in [-0.05, 0) is 50.3 Å². The first-order valence-electron chi connectivity index (χ1n) is 7.35. The summed E-state index contributed by atoms with van der Waals surface area (Å²) in [6.45, 7) is 3.99. The van der Waals surface area contributed by atoms with Gasteiger partial charge >= 0.3 is 0 Å². The largest absolute Gasteiger partial charge is 0.339 e. The van der Waals surface area contributed by atoms with Crippen molar-refractivity contribution in [1.29, 1.82) is 0 Å². The predicted molar refractivity (Wildman–Crippen MR) is 78.9 cm³/mol. The van der Waals surface area contributed by atoms with Crippen LogP contribution < -0.4 is 5.32 Å². The number of piperidine rings is 1. The van der Waals surface area contributed by atoms with Crippen LogP contribution in [-0.4, -0.2) is 42.0 Å². The lowest BCUT2D eigenvalue weighted by Gasteiger charge is -2.34. The van der Waals surface area contributed by atoms with Gasteiger partial charge in [-0.25, -0.2) is 0 Å². The van der Waals surface area contributed by atoms with Gasteiger partial charge in [0.05, 0.1) is 10.6 Å². The van der Waals surface area contributed by atoms with Gasteiger partial charge in [-0.1, -0.05) is 11.6 Å². The lowest BCUT2D eigenvalue weighted by atomic mass is 9.83. The van der Waals surface area contributed by atoms with E-state index in [0.717, 1.165) is 50.9 Å². The fraction of sp³-hybridized carbons (Fsp3) is 0.600. The van der Waals surface area contributed by atoms with Gasteiger partial charge in [0.2, 0.25) is 0 Å². The molecule has 108 valence electrons. The Morgan fingerprint density at radius 3 is 2.75 bits per heavy atom. The molecule has 0 radical (unpaired) electrons. The zero-order chi connectivity index (χ0) is 13.9. The first-order chi connectivity index (χ1) is 9.75. The van der Waals surface area contributed by atoms with Gasteiger partial charge < -0.3 is 10.2 Å². The number of likely N-dealkylation sites (tertiary alicyclic amines) is 1. The number of amides is 1. The van der Waals surface area contributed by atoms with Crippen molar-refractivity contribution in [2.45, 2.75) is 19.3 Å². The maximum absolute atomic E-state index is 12.4. The lowest BCUT2D eigenvalue weighted by molar-refractivity contribution is 0.0663. The molecule has 0 aliphatic carbocycles. The van der Waals surface area contributed by atoms with Crippen LogP contribution in [0.3, 0.4) is 0 Å². The van der Waals surface area contributed by atoms with Gasteiger partial charge in [0, 0.05) is 25.5 Å². The molecule has 1 aromatic rings. The predicted octanol–water partition coefficient (Wildman–Crippen LogP) is 2.20. The molecule has 1 N–H and O–H groups in total. The second-order valence-corrected chi connectivity index (χ2v) is 6.15. The van der Waals surface area contributed by atoms with Gasteiger partial charge in [-0.2, -0.15) is 0 Å². The van der Waals surface area contributed by atoms with Crippen LogP contribution in [0.1, 0.15) is 29.6 Å². The quantitative estimate of drug-likeness (QED) is 0.909. The average Bonchev–Trinajstić information content (AvgIpc) is 3.01. The van der Waals surface area contributed by atoms with E-state index >= 15 is 0 Å². The third kappa shape index (κ3) is 2.81. The summed E-state index contributed by atoms with van der Waals surface area (Å²) in [6.07, 6.45) is 6.66. The Hall–Kier alpha value is -1.13. The van der Waals surface area contributed by atoms with E-state index in [1.165, 1.54) is 12.6 Å². The lowest BCUT2D eigenvalue weighted by Crippen LogP contribution is -2.40. The van der Waals surface area contributed by atoms with Crippen molar-refractivity contribution >= 4 is 17.5 Å². The zero-order valence-corrected chi connectivity index (χ0v) is 12.3. The van der Waals surface area contributed by atoms with Crippen molar-refractivity contribution in [2.24, 2.45) is 11.8 Å². The van der Waals surface area contributed by atoms with Crippen LogP contribution >= 0.6 is 11.6 Å². The number of carbonyl (C=O) groups excluding carboxylic acids is 1. The van der Waals surface area contributed by atoms with Gasteiger partial charge in [0.15, 0.2) is 0 Å². The molecule has 2 saturated heterocycles. The third-order valence-corrected chi connectivity index (χ3v) is 4.90. The average molecular weight is 294 g/mol. The summed E-state index contributed by atoms with van der Waals surface area (Å²) in [5.41, 5.74) is 0.572. The zero-order valence-electron chi connectivity index (χ0n) is 11.5. The fourth-order valence-corrected chi connectivity index (χ4v) is 3.57. The van der Waals surface area contributed by atoms with Crippen molar-refractivity contribution in [2.75, 3.05) is 26.2 Å². The minimum Gasteiger partial charge on any atom is -0.339 e. The Balaban J connectivity index is 1.60. The van der Waals surface area contributed by atoms with Crippen molar-refractivity contribution in [3.05, 3.63) is 29.0 Å². The highest BCUT2D eigenvalue weighted by atomic mass is 35.5. The number of hydrogen-bond acceptors (Lipinski definition) is 3. The molecular weight excluding hydrogens is 274 g/mol. The van der Waals surface area contributed by atoms with Crippen molar-refractivity contribution in [1.82, 2.24) is 15.2 Å². The molecule has 1 aromatic heterocycles. The Labute approximate surface area is 124 Å². The maximum Gasteiger partial charge on any atom is 0.255 e. The first-order valence-corrected chi connectivity index (χ1v) is 7.73. The molecule has 1 atom stereocenters. The van der Waals surface area contributed by atoms with Gasteiger partial charge in [-0.15, -0.1) is 0 Å². The molecule has 4 nitrogen and oxygen atoms in total. The molecule has 5 heteroatoms. The molecular formula is C15H20ClN3O. The molecule has 3 heterocycles. The molecule has 2 aliphatic rings. The SMILES string of the molecule is O=C(c1ccncc1Cl)N1CCC(C2CCNC2)CC1. The number of hydrogen-bond donors (Lipinski definition) is 1. The highest BCUT2D eigenvalue weighted by molar-refractivity contribution is 6.33. The van der Waals surface area contributed by atoms with E-state index < -0.39 is 0 Å². The van der Waals surface area contributed by atoms with Gasteiger partial charge in [0.1, 0.15) is 0 Å². The normalized spacial score (nSPS) is 24.1. The van der Waals surface area contributed by atoms with Crippen LogP contribution in [0.4, 0.5) is 0 Å². The third-order valence-electron chi connectivity index (χ3n) is 4.59. The van der Waals surface area contributed by atoms with Crippen LogP contribution in [0, 0.1) is 11.8 Å². The maximum atomic E-state index is 12.4. The Morgan fingerprint density at radius 1 is 1.30 bits per heavy atom. The van der Waals surface area contributed by atoms with Crippen LogP contribution in [-0.2, 0) is 0 Å². The van der Waals surface area contributed by atoms with Crippen molar-refractivity contribution in [3.63, 3.8) is 0 Å². The van der Waals surface area contributed by atoms with E-state index in [2.05, 4.69) is 10.3 Å². The van der Waals surface area contributed by atoms with E-state index in [-0.39, 0.29) is 5.91 Å². The van der Waals surface area contributed by atoms with Crippen LogP contribution in [0.25, 0.3) is 0 Å². The number of carbonyl (C=O) groups is 1. The van der Waals surface area contributed by atoms with Crippen molar-refractivity contribution in [3.8, 4) is 0 Å². The molecule has 2 fully saturated rings. The van der Waals surface area contributed by atoms with E-state index in [9.17, 15) is 4.79 Å². The Bertz CT molecular complexity index is 480. The highest BCUT2D eigenvalue weighted by Gasteiger charge is 2.30. The molecule has 1 unspecified atom stereocenters. The summed E-state index contributed by atoms with van der Waals surface area (Å²) in [5.74, 6) is 1.61. The van der Waals surface area contributed by atoms with Crippen LogP contribution in [0.15, 0.2) is 18.5 Å². The second-order valence-electron chi connectivity index (χ2n) is 5.74. The van der Waals surface area contributed by atoms with Crippen LogP contribution in [0.2, 0.25) is 5.02 Å². The monoisotopic (exact) mass is 293 g/mol. The molecule has 0 aromatic carbocycles. The number of rotatable bonds is 2. The van der Waals surface area contributed by atoms with E-state index in [1.807, 2.05) is 4.90 Å². The first kappa shape index (κ1) is 13.8. The second kappa shape index (κ2) is 6.10.